The van der Waals surface area contributed by atoms with Crippen molar-refractivity contribution in [3.8, 4) is 0 Å². The fourth-order valence-corrected chi connectivity index (χ4v) is 2.65. The molecule has 1 aromatic rings. The van der Waals surface area contributed by atoms with Gasteiger partial charge in [-0.25, -0.2) is 0 Å². The number of piperazine rings is 1. The summed E-state index contributed by atoms with van der Waals surface area (Å²) >= 11 is 0. The standard InChI is InChI=1S/C16H22N2O3/c1-12-14(19)17-16(2,13-8-5-4-6-9-13)15(20)18(12)10-7-11-21-3/h4-6,8-9,12H,7,10-11H2,1-3H3,(H,17,19). The number of benzene rings is 1. The number of carbonyl (C=O) groups is 2. The van der Waals surface area contributed by atoms with Crippen LogP contribution in [0.2, 0.25) is 0 Å². The van der Waals surface area contributed by atoms with Gasteiger partial charge in [-0.3, -0.25) is 9.59 Å². The normalized spacial score (nSPS) is 25.9. The summed E-state index contributed by atoms with van der Waals surface area (Å²) in [4.78, 5) is 26.7. The van der Waals surface area contributed by atoms with E-state index in [0.717, 1.165) is 5.56 Å². The first kappa shape index (κ1) is 15.5. The number of nitrogens with one attached hydrogen (secondary N) is 1. The minimum absolute atomic E-state index is 0.0723. The summed E-state index contributed by atoms with van der Waals surface area (Å²) in [6.45, 7) is 4.60. The number of hydrogen-bond donors (Lipinski definition) is 1. The summed E-state index contributed by atoms with van der Waals surface area (Å²) in [5.74, 6) is -0.199. The Morgan fingerprint density at radius 2 is 1.95 bits per heavy atom. The Bertz CT molecular complexity index is 518. The van der Waals surface area contributed by atoms with E-state index in [-0.39, 0.29) is 11.8 Å². The van der Waals surface area contributed by atoms with E-state index < -0.39 is 11.6 Å². The van der Waals surface area contributed by atoms with Crippen molar-refractivity contribution >= 4 is 11.8 Å². The van der Waals surface area contributed by atoms with Crippen LogP contribution in [0.5, 0.6) is 0 Å². The quantitative estimate of drug-likeness (QED) is 0.831. The zero-order valence-corrected chi connectivity index (χ0v) is 12.8. The Balaban J connectivity index is 2.27. The first-order valence-electron chi connectivity index (χ1n) is 7.18. The summed E-state index contributed by atoms with van der Waals surface area (Å²) < 4.78 is 5.03. The van der Waals surface area contributed by atoms with E-state index >= 15 is 0 Å². The molecule has 2 unspecified atom stereocenters. The van der Waals surface area contributed by atoms with E-state index in [9.17, 15) is 9.59 Å². The average molecular weight is 290 g/mol. The Hall–Kier alpha value is -1.88. The van der Waals surface area contributed by atoms with E-state index in [1.807, 2.05) is 30.3 Å². The smallest absolute Gasteiger partial charge is 0.253 e. The number of carbonyl (C=O) groups excluding carboxylic acids is 2. The van der Waals surface area contributed by atoms with Gasteiger partial charge in [0.25, 0.3) is 5.91 Å². The summed E-state index contributed by atoms with van der Waals surface area (Å²) in [7, 11) is 1.63. The lowest BCUT2D eigenvalue weighted by molar-refractivity contribution is -0.154. The van der Waals surface area contributed by atoms with E-state index in [1.165, 1.54) is 0 Å². The molecule has 2 amide bonds. The highest BCUT2D eigenvalue weighted by Gasteiger charge is 2.47. The van der Waals surface area contributed by atoms with Crippen molar-refractivity contribution in [2.75, 3.05) is 20.3 Å². The van der Waals surface area contributed by atoms with Gasteiger partial charge in [-0.1, -0.05) is 30.3 Å². The number of amides is 2. The number of rotatable bonds is 5. The third kappa shape index (κ3) is 2.93. The molecule has 5 heteroatoms. The van der Waals surface area contributed by atoms with Crippen molar-refractivity contribution in [2.24, 2.45) is 0 Å². The fourth-order valence-electron chi connectivity index (χ4n) is 2.65. The Kier molecular flexibility index (Phi) is 4.63. The van der Waals surface area contributed by atoms with E-state index in [4.69, 9.17) is 4.74 Å². The van der Waals surface area contributed by atoms with Crippen molar-refractivity contribution in [1.29, 1.82) is 0 Å². The Morgan fingerprint density at radius 3 is 2.57 bits per heavy atom. The van der Waals surface area contributed by atoms with Crippen LogP contribution in [0.15, 0.2) is 30.3 Å². The van der Waals surface area contributed by atoms with Crippen LogP contribution < -0.4 is 5.32 Å². The molecule has 1 N–H and O–H groups in total. The maximum Gasteiger partial charge on any atom is 0.253 e. The number of methoxy groups -OCH3 is 1. The SMILES string of the molecule is COCCCN1C(=O)C(C)(c2ccccc2)NC(=O)C1C. The first-order valence-corrected chi connectivity index (χ1v) is 7.18. The molecule has 1 aliphatic heterocycles. The molecule has 0 aliphatic carbocycles. The molecule has 2 atom stereocenters. The van der Waals surface area contributed by atoms with Gasteiger partial charge < -0.3 is 15.0 Å². The third-order valence-corrected chi connectivity index (χ3v) is 4.01. The molecule has 1 saturated heterocycles. The molecule has 114 valence electrons. The van der Waals surface area contributed by atoms with Gasteiger partial charge in [0.1, 0.15) is 11.6 Å². The zero-order chi connectivity index (χ0) is 15.5. The van der Waals surface area contributed by atoms with Crippen LogP contribution >= 0.6 is 0 Å². The predicted octanol–water partition coefficient (Wildman–Crippen LogP) is 1.29. The van der Waals surface area contributed by atoms with Crippen molar-refractivity contribution in [3.05, 3.63) is 35.9 Å². The van der Waals surface area contributed by atoms with Crippen LogP contribution in [0.4, 0.5) is 0 Å². The summed E-state index contributed by atoms with van der Waals surface area (Å²) in [6, 6.07) is 8.90. The Labute approximate surface area is 125 Å². The highest BCUT2D eigenvalue weighted by Crippen LogP contribution is 2.28. The van der Waals surface area contributed by atoms with Crippen LogP contribution in [0, 0.1) is 0 Å². The second kappa shape index (κ2) is 6.26. The Morgan fingerprint density at radius 1 is 1.29 bits per heavy atom. The zero-order valence-electron chi connectivity index (χ0n) is 12.8. The van der Waals surface area contributed by atoms with Gasteiger partial charge in [0.05, 0.1) is 0 Å². The van der Waals surface area contributed by atoms with Crippen LogP contribution in [-0.2, 0) is 19.9 Å². The highest BCUT2D eigenvalue weighted by molar-refractivity contribution is 6.00. The second-order valence-corrected chi connectivity index (χ2v) is 5.50. The number of nitrogens with zero attached hydrogens (tertiary/aromatic N) is 1. The van der Waals surface area contributed by atoms with Crippen molar-refractivity contribution in [3.63, 3.8) is 0 Å². The minimum atomic E-state index is -1.00. The molecule has 2 rings (SSSR count). The van der Waals surface area contributed by atoms with Gasteiger partial charge in [-0.05, 0) is 25.8 Å². The van der Waals surface area contributed by atoms with Crippen LogP contribution in [0.1, 0.15) is 25.8 Å². The number of ether oxygens (including phenoxy) is 1. The van der Waals surface area contributed by atoms with Gasteiger partial charge in [0, 0.05) is 20.3 Å². The van der Waals surface area contributed by atoms with E-state index in [1.54, 1.807) is 25.9 Å². The van der Waals surface area contributed by atoms with Crippen molar-refractivity contribution < 1.29 is 14.3 Å². The van der Waals surface area contributed by atoms with Gasteiger partial charge in [-0.2, -0.15) is 0 Å². The molecule has 1 aromatic carbocycles. The molecular weight excluding hydrogens is 268 g/mol. The molecule has 0 saturated carbocycles. The molecule has 1 heterocycles. The van der Waals surface area contributed by atoms with E-state index in [2.05, 4.69) is 5.32 Å². The highest BCUT2D eigenvalue weighted by atomic mass is 16.5. The van der Waals surface area contributed by atoms with Gasteiger partial charge in [0.2, 0.25) is 5.91 Å². The third-order valence-electron chi connectivity index (χ3n) is 4.01. The monoisotopic (exact) mass is 290 g/mol. The second-order valence-electron chi connectivity index (χ2n) is 5.50. The van der Waals surface area contributed by atoms with Gasteiger partial charge in [-0.15, -0.1) is 0 Å². The lowest BCUT2D eigenvalue weighted by Gasteiger charge is -2.43. The molecule has 0 bridgehead atoms. The van der Waals surface area contributed by atoms with Crippen LogP contribution in [0.25, 0.3) is 0 Å². The molecular formula is C16H22N2O3. The van der Waals surface area contributed by atoms with Crippen LogP contribution in [0.3, 0.4) is 0 Å². The van der Waals surface area contributed by atoms with Gasteiger partial charge >= 0.3 is 0 Å². The van der Waals surface area contributed by atoms with Crippen LogP contribution in [-0.4, -0.2) is 43.0 Å². The molecule has 0 radical (unpaired) electrons. The molecule has 1 aliphatic rings. The average Bonchev–Trinajstić information content (AvgIpc) is 2.50. The number of hydrogen-bond acceptors (Lipinski definition) is 3. The van der Waals surface area contributed by atoms with Crippen molar-refractivity contribution in [1.82, 2.24) is 10.2 Å². The summed E-state index contributed by atoms with van der Waals surface area (Å²) in [5.41, 5.74) is -0.204. The lowest BCUT2D eigenvalue weighted by Crippen LogP contribution is -2.66. The minimum Gasteiger partial charge on any atom is -0.385 e. The lowest BCUT2D eigenvalue weighted by atomic mass is 9.87. The molecule has 0 aromatic heterocycles. The molecule has 5 nitrogen and oxygen atoms in total. The maximum atomic E-state index is 12.9. The van der Waals surface area contributed by atoms with Gasteiger partial charge in [0.15, 0.2) is 0 Å². The van der Waals surface area contributed by atoms with E-state index in [0.29, 0.717) is 19.6 Å². The topological polar surface area (TPSA) is 58.6 Å². The molecule has 21 heavy (non-hydrogen) atoms. The summed E-state index contributed by atoms with van der Waals surface area (Å²) in [5, 5.41) is 2.87. The first-order chi connectivity index (χ1) is 10.0. The summed E-state index contributed by atoms with van der Waals surface area (Å²) in [6.07, 6.45) is 0.713. The largest absolute Gasteiger partial charge is 0.385 e. The maximum absolute atomic E-state index is 12.9. The fraction of sp³-hybridized carbons (Fsp3) is 0.500. The predicted molar refractivity (Wildman–Crippen MR) is 79.6 cm³/mol. The molecule has 0 spiro atoms. The molecule has 1 fully saturated rings. The van der Waals surface area contributed by atoms with Crippen molar-refractivity contribution in [2.45, 2.75) is 31.8 Å².